The van der Waals surface area contributed by atoms with Crippen LogP contribution < -0.4 is 10.2 Å². The van der Waals surface area contributed by atoms with E-state index in [1.54, 1.807) is 24.3 Å². The van der Waals surface area contributed by atoms with Crippen LogP contribution in [-0.4, -0.2) is 47.8 Å². The van der Waals surface area contributed by atoms with Gasteiger partial charge in [-0.25, -0.2) is 0 Å². The molecule has 0 saturated carbocycles. The number of nitro groups is 1. The van der Waals surface area contributed by atoms with E-state index < -0.39 is 4.92 Å². The first kappa shape index (κ1) is 24.3. The smallest absolute Gasteiger partial charge is 0.270 e. The van der Waals surface area contributed by atoms with Gasteiger partial charge in [-0.1, -0.05) is 37.6 Å². The molecule has 0 aromatic heterocycles. The van der Waals surface area contributed by atoms with Crippen molar-refractivity contribution in [3.63, 3.8) is 0 Å². The fourth-order valence-corrected chi connectivity index (χ4v) is 3.91. The molecule has 1 saturated heterocycles. The number of amides is 2. The number of hydrogen-bond donors (Lipinski definition) is 1. The number of piperazine rings is 1. The third kappa shape index (κ3) is 6.79. The van der Waals surface area contributed by atoms with Gasteiger partial charge in [-0.05, 0) is 35.8 Å². The molecular weight excluding hydrogens is 444 g/mol. The summed E-state index contributed by atoms with van der Waals surface area (Å²) in [4.78, 5) is 38.9. The minimum Gasteiger partial charge on any atom is -0.367 e. The zero-order chi connectivity index (χ0) is 24.0. The average molecular weight is 471 g/mol. The van der Waals surface area contributed by atoms with Crippen LogP contribution in [0.1, 0.15) is 25.8 Å². The van der Waals surface area contributed by atoms with Crippen LogP contribution in [0.15, 0.2) is 48.5 Å². The van der Waals surface area contributed by atoms with E-state index in [1.165, 1.54) is 24.3 Å². The lowest BCUT2D eigenvalue weighted by Gasteiger charge is -2.36. The molecule has 33 heavy (non-hydrogen) atoms. The maximum atomic E-state index is 12.3. The largest absolute Gasteiger partial charge is 0.367 e. The molecule has 1 N–H and O–H groups in total. The predicted octanol–water partition coefficient (Wildman–Crippen LogP) is 4.59. The number of non-ortho nitro benzene ring substituents is 1. The highest BCUT2D eigenvalue weighted by molar-refractivity contribution is 6.33. The molecule has 3 rings (SSSR count). The van der Waals surface area contributed by atoms with Crippen molar-refractivity contribution in [1.82, 2.24) is 4.90 Å². The molecule has 9 heteroatoms. The third-order valence-electron chi connectivity index (χ3n) is 5.28. The van der Waals surface area contributed by atoms with Gasteiger partial charge in [0.05, 0.1) is 15.6 Å². The van der Waals surface area contributed by atoms with Gasteiger partial charge < -0.3 is 15.1 Å². The molecule has 0 bridgehead atoms. The Balaban J connectivity index is 1.57. The lowest BCUT2D eigenvalue weighted by molar-refractivity contribution is -0.384. The van der Waals surface area contributed by atoms with Gasteiger partial charge in [0.15, 0.2) is 0 Å². The second-order valence-corrected chi connectivity index (χ2v) is 8.71. The van der Waals surface area contributed by atoms with Gasteiger partial charge in [-0.2, -0.15) is 0 Å². The van der Waals surface area contributed by atoms with Gasteiger partial charge in [-0.3, -0.25) is 19.7 Å². The Labute approximate surface area is 198 Å². The van der Waals surface area contributed by atoms with E-state index in [1.807, 2.05) is 24.8 Å². The van der Waals surface area contributed by atoms with E-state index in [9.17, 15) is 19.7 Å². The van der Waals surface area contributed by atoms with Crippen LogP contribution in [0.5, 0.6) is 0 Å². The fraction of sp³-hybridized carbons (Fsp3) is 0.333. The maximum absolute atomic E-state index is 12.3. The number of nitro benzene ring substituents is 1. The maximum Gasteiger partial charge on any atom is 0.270 e. The van der Waals surface area contributed by atoms with Crippen molar-refractivity contribution in [3.05, 3.63) is 69.2 Å². The van der Waals surface area contributed by atoms with Crippen molar-refractivity contribution < 1.29 is 14.5 Å². The van der Waals surface area contributed by atoms with E-state index in [0.29, 0.717) is 54.8 Å². The van der Waals surface area contributed by atoms with Gasteiger partial charge in [0, 0.05) is 56.5 Å². The highest BCUT2D eigenvalue weighted by Crippen LogP contribution is 2.30. The van der Waals surface area contributed by atoms with Crippen LogP contribution in [0, 0.1) is 16.0 Å². The number of halogens is 1. The van der Waals surface area contributed by atoms with E-state index in [2.05, 4.69) is 10.2 Å². The Morgan fingerprint density at radius 3 is 2.52 bits per heavy atom. The molecule has 0 spiro atoms. The van der Waals surface area contributed by atoms with E-state index in [-0.39, 0.29) is 17.5 Å². The molecule has 2 aromatic rings. The van der Waals surface area contributed by atoms with Crippen molar-refractivity contribution >= 4 is 46.6 Å². The molecule has 1 aliphatic rings. The normalized spacial score (nSPS) is 14.1. The lowest BCUT2D eigenvalue weighted by Crippen LogP contribution is -2.49. The minimum atomic E-state index is -0.482. The number of nitrogens with zero attached hydrogens (tertiary/aromatic N) is 3. The number of nitrogens with one attached hydrogen (secondary N) is 1. The summed E-state index contributed by atoms with van der Waals surface area (Å²) in [5, 5.41) is 14.1. The number of hydrogen-bond acceptors (Lipinski definition) is 5. The summed E-state index contributed by atoms with van der Waals surface area (Å²) in [5.74, 6) is 0.156. The van der Waals surface area contributed by atoms with Gasteiger partial charge in [-0.15, -0.1) is 0 Å². The number of carbonyl (C=O) groups excluding carboxylic acids is 2. The van der Waals surface area contributed by atoms with Crippen LogP contribution >= 0.6 is 11.6 Å². The summed E-state index contributed by atoms with van der Waals surface area (Å²) in [7, 11) is 0. The zero-order valence-electron chi connectivity index (χ0n) is 18.7. The van der Waals surface area contributed by atoms with Crippen LogP contribution in [0.2, 0.25) is 5.02 Å². The molecular formula is C24H27ClN4O4. The summed E-state index contributed by atoms with van der Waals surface area (Å²) in [6.45, 7) is 6.78. The highest BCUT2D eigenvalue weighted by Gasteiger charge is 2.23. The molecule has 0 atom stereocenters. The minimum absolute atomic E-state index is 0.0370. The van der Waals surface area contributed by atoms with Gasteiger partial charge in [0.1, 0.15) is 0 Å². The Morgan fingerprint density at radius 1 is 1.15 bits per heavy atom. The van der Waals surface area contributed by atoms with Crippen molar-refractivity contribution in [2.75, 3.05) is 36.4 Å². The number of benzene rings is 2. The first-order chi connectivity index (χ1) is 15.7. The van der Waals surface area contributed by atoms with Crippen LogP contribution in [0.4, 0.5) is 17.1 Å². The van der Waals surface area contributed by atoms with Crippen LogP contribution in [-0.2, 0) is 9.59 Å². The first-order valence-corrected chi connectivity index (χ1v) is 11.2. The Morgan fingerprint density at radius 2 is 1.88 bits per heavy atom. The van der Waals surface area contributed by atoms with Gasteiger partial charge in [0.2, 0.25) is 11.8 Å². The Kier molecular flexibility index (Phi) is 8.06. The van der Waals surface area contributed by atoms with Crippen LogP contribution in [0.25, 0.3) is 6.08 Å². The van der Waals surface area contributed by atoms with Crippen molar-refractivity contribution in [2.45, 2.75) is 20.3 Å². The average Bonchev–Trinajstić information content (AvgIpc) is 2.78. The van der Waals surface area contributed by atoms with E-state index in [0.717, 1.165) is 5.69 Å². The van der Waals surface area contributed by atoms with Crippen molar-refractivity contribution in [1.29, 1.82) is 0 Å². The first-order valence-electron chi connectivity index (χ1n) is 10.8. The molecule has 2 amide bonds. The SMILES string of the molecule is CC(C)CC(=O)N1CCN(c2ccc(NC(=O)/C=C/c3cccc([N+](=O)[O-])c3)cc2Cl)CC1. The van der Waals surface area contributed by atoms with Crippen molar-refractivity contribution in [3.8, 4) is 0 Å². The highest BCUT2D eigenvalue weighted by atomic mass is 35.5. The summed E-state index contributed by atoms with van der Waals surface area (Å²) in [6, 6.07) is 11.3. The fourth-order valence-electron chi connectivity index (χ4n) is 3.61. The Hall–Kier alpha value is -3.39. The van der Waals surface area contributed by atoms with E-state index >= 15 is 0 Å². The molecule has 1 aliphatic heterocycles. The molecule has 0 radical (unpaired) electrons. The molecule has 1 fully saturated rings. The third-order valence-corrected chi connectivity index (χ3v) is 5.58. The molecule has 0 aliphatic carbocycles. The molecule has 0 unspecified atom stereocenters. The van der Waals surface area contributed by atoms with Gasteiger partial charge >= 0.3 is 0 Å². The molecule has 174 valence electrons. The number of rotatable bonds is 7. The standard InChI is InChI=1S/C24H27ClN4O4/c1-17(2)14-24(31)28-12-10-27(11-13-28)22-8-7-19(16-21(22)25)26-23(30)9-6-18-4-3-5-20(15-18)29(32)33/h3-9,15-17H,10-14H2,1-2H3,(H,26,30)/b9-6+. The van der Waals surface area contributed by atoms with E-state index in [4.69, 9.17) is 11.6 Å². The second kappa shape index (κ2) is 11.0. The summed E-state index contributed by atoms with van der Waals surface area (Å²) < 4.78 is 0. The van der Waals surface area contributed by atoms with Crippen molar-refractivity contribution in [2.24, 2.45) is 5.92 Å². The Bertz CT molecular complexity index is 1060. The summed E-state index contributed by atoms with van der Waals surface area (Å²) in [5.41, 5.74) is 1.92. The monoisotopic (exact) mass is 470 g/mol. The lowest BCUT2D eigenvalue weighted by atomic mass is 10.1. The summed E-state index contributed by atoms with van der Waals surface area (Å²) in [6.07, 6.45) is 3.39. The molecule has 8 nitrogen and oxygen atoms in total. The number of anilines is 2. The zero-order valence-corrected chi connectivity index (χ0v) is 19.4. The number of carbonyl (C=O) groups is 2. The predicted molar refractivity (Wildman–Crippen MR) is 130 cm³/mol. The molecule has 2 aromatic carbocycles. The quantitative estimate of drug-likeness (QED) is 0.362. The van der Waals surface area contributed by atoms with Gasteiger partial charge in [0.25, 0.3) is 5.69 Å². The summed E-state index contributed by atoms with van der Waals surface area (Å²) >= 11 is 6.48. The topological polar surface area (TPSA) is 95.8 Å². The van der Waals surface area contributed by atoms with Crippen LogP contribution in [0.3, 0.4) is 0 Å². The molecule has 1 heterocycles. The second-order valence-electron chi connectivity index (χ2n) is 8.31.